The smallest absolute Gasteiger partial charge is 0.273 e. The van der Waals surface area contributed by atoms with Crippen molar-refractivity contribution in [3.05, 3.63) is 34.1 Å². The number of nitrogens with zero attached hydrogens (tertiary/aromatic N) is 2. The molecule has 0 radical (unpaired) electrons. The van der Waals surface area contributed by atoms with Gasteiger partial charge in [0.15, 0.2) is 5.69 Å². The van der Waals surface area contributed by atoms with Gasteiger partial charge in [-0.15, -0.1) is 11.3 Å². The van der Waals surface area contributed by atoms with Gasteiger partial charge < -0.3 is 9.84 Å². The number of rotatable bonds is 5. The van der Waals surface area contributed by atoms with Gasteiger partial charge in [0.1, 0.15) is 6.26 Å². The van der Waals surface area contributed by atoms with Crippen LogP contribution >= 0.6 is 11.3 Å². The van der Waals surface area contributed by atoms with Gasteiger partial charge in [0, 0.05) is 24.4 Å². The van der Waals surface area contributed by atoms with Gasteiger partial charge in [-0.25, -0.2) is 4.98 Å². The standard InChI is InChI=1S/C11H13N3O2S/c1-2-8-7-17-10(13-8)3-5-12-11(15)9-4-6-16-14-9/h4,6-7H,2-3,5H2,1H3,(H,12,15). The summed E-state index contributed by atoms with van der Waals surface area (Å²) in [4.78, 5) is 15.9. The molecule has 0 aliphatic carbocycles. The second kappa shape index (κ2) is 5.58. The van der Waals surface area contributed by atoms with E-state index < -0.39 is 0 Å². The van der Waals surface area contributed by atoms with Crippen LogP contribution in [0.3, 0.4) is 0 Å². The zero-order valence-corrected chi connectivity index (χ0v) is 10.3. The first-order valence-electron chi connectivity index (χ1n) is 5.41. The number of hydrogen-bond donors (Lipinski definition) is 1. The molecule has 0 saturated heterocycles. The minimum atomic E-state index is -0.217. The van der Waals surface area contributed by atoms with Crippen molar-refractivity contribution in [2.75, 3.05) is 6.54 Å². The van der Waals surface area contributed by atoms with Crippen molar-refractivity contribution >= 4 is 17.2 Å². The zero-order chi connectivity index (χ0) is 12.1. The van der Waals surface area contributed by atoms with E-state index in [0.717, 1.165) is 23.5 Å². The van der Waals surface area contributed by atoms with Gasteiger partial charge in [0.2, 0.25) is 0 Å². The fourth-order valence-electron chi connectivity index (χ4n) is 1.33. The lowest BCUT2D eigenvalue weighted by molar-refractivity contribution is 0.0945. The van der Waals surface area contributed by atoms with Gasteiger partial charge in [-0.3, -0.25) is 4.79 Å². The molecule has 1 N–H and O–H groups in total. The first kappa shape index (κ1) is 11.8. The lowest BCUT2D eigenvalue weighted by atomic mass is 10.3. The summed E-state index contributed by atoms with van der Waals surface area (Å²) in [6, 6.07) is 1.54. The van der Waals surface area contributed by atoms with E-state index in [0.29, 0.717) is 12.2 Å². The maximum absolute atomic E-state index is 11.5. The number of thiazole rings is 1. The third-order valence-electron chi connectivity index (χ3n) is 2.26. The predicted octanol–water partition coefficient (Wildman–Crippen LogP) is 1.67. The van der Waals surface area contributed by atoms with Crippen molar-refractivity contribution in [3.8, 4) is 0 Å². The quantitative estimate of drug-likeness (QED) is 0.877. The van der Waals surface area contributed by atoms with Gasteiger partial charge in [-0.05, 0) is 6.42 Å². The lowest BCUT2D eigenvalue weighted by Crippen LogP contribution is -2.25. The molecule has 0 atom stereocenters. The van der Waals surface area contributed by atoms with E-state index in [1.807, 2.05) is 0 Å². The van der Waals surface area contributed by atoms with Gasteiger partial charge >= 0.3 is 0 Å². The Balaban J connectivity index is 1.78. The van der Waals surface area contributed by atoms with Crippen LogP contribution in [-0.4, -0.2) is 22.6 Å². The third kappa shape index (κ3) is 3.13. The molecule has 0 saturated carbocycles. The molecule has 5 nitrogen and oxygen atoms in total. The minimum absolute atomic E-state index is 0.217. The van der Waals surface area contributed by atoms with Crippen molar-refractivity contribution < 1.29 is 9.32 Å². The lowest BCUT2D eigenvalue weighted by Gasteiger charge is -2.00. The van der Waals surface area contributed by atoms with Gasteiger partial charge in [-0.2, -0.15) is 0 Å². The SMILES string of the molecule is CCc1csc(CCNC(=O)c2ccon2)n1. The Morgan fingerprint density at radius 1 is 1.59 bits per heavy atom. The van der Waals surface area contributed by atoms with Gasteiger partial charge in [0.25, 0.3) is 5.91 Å². The molecular weight excluding hydrogens is 238 g/mol. The zero-order valence-electron chi connectivity index (χ0n) is 9.47. The molecule has 0 spiro atoms. The second-order valence-electron chi connectivity index (χ2n) is 3.48. The molecule has 0 unspecified atom stereocenters. The van der Waals surface area contributed by atoms with Crippen LogP contribution in [0.1, 0.15) is 28.1 Å². The molecule has 0 bridgehead atoms. The number of hydrogen-bond acceptors (Lipinski definition) is 5. The first-order valence-corrected chi connectivity index (χ1v) is 6.29. The minimum Gasteiger partial charge on any atom is -0.364 e. The summed E-state index contributed by atoms with van der Waals surface area (Å²) in [6.45, 7) is 2.63. The van der Waals surface area contributed by atoms with Gasteiger partial charge in [0.05, 0.1) is 10.7 Å². The molecule has 90 valence electrons. The molecule has 6 heteroatoms. The van der Waals surface area contributed by atoms with E-state index >= 15 is 0 Å². The van der Waals surface area contributed by atoms with Crippen LogP contribution in [0.5, 0.6) is 0 Å². The van der Waals surface area contributed by atoms with E-state index in [1.54, 1.807) is 11.3 Å². The Bertz CT molecular complexity index is 479. The van der Waals surface area contributed by atoms with E-state index in [9.17, 15) is 4.79 Å². The summed E-state index contributed by atoms with van der Waals surface area (Å²) in [5.41, 5.74) is 1.41. The monoisotopic (exact) mass is 251 g/mol. The summed E-state index contributed by atoms with van der Waals surface area (Å²) in [7, 11) is 0. The largest absolute Gasteiger partial charge is 0.364 e. The van der Waals surface area contributed by atoms with Crippen molar-refractivity contribution in [1.29, 1.82) is 0 Å². The molecule has 2 aromatic heterocycles. The fraction of sp³-hybridized carbons (Fsp3) is 0.364. The summed E-state index contributed by atoms with van der Waals surface area (Å²) >= 11 is 1.63. The highest BCUT2D eigenvalue weighted by atomic mass is 32.1. The van der Waals surface area contributed by atoms with Crippen LogP contribution in [0.15, 0.2) is 22.2 Å². The van der Waals surface area contributed by atoms with E-state index in [4.69, 9.17) is 0 Å². The molecule has 0 fully saturated rings. The molecule has 1 amide bonds. The molecular formula is C11H13N3O2S. The predicted molar refractivity (Wildman–Crippen MR) is 64.0 cm³/mol. The summed E-state index contributed by atoms with van der Waals surface area (Å²) < 4.78 is 4.60. The molecule has 17 heavy (non-hydrogen) atoms. The summed E-state index contributed by atoms with van der Waals surface area (Å²) in [5.74, 6) is -0.217. The maximum atomic E-state index is 11.5. The number of nitrogens with one attached hydrogen (secondary N) is 1. The van der Waals surface area contributed by atoms with Crippen LogP contribution < -0.4 is 5.32 Å². The molecule has 0 aliphatic heterocycles. The average Bonchev–Trinajstić information content (AvgIpc) is 3.00. The van der Waals surface area contributed by atoms with E-state index in [1.165, 1.54) is 12.3 Å². The van der Waals surface area contributed by atoms with Crippen LogP contribution in [0.2, 0.25) is 0 Å². The number of carbonyl (C=O) groups is 1. The second-order valence-corrected chi connectivity index (χ2v) is 4.42. The van der Waals surface area contributed by atoms with Crippen LogP contribution in [0.25, 0.3) is 0 Å². The fourth-order valence-corrected chi connectivity index (χ4v) is 2.21. The van der Waals surface area contributed by atoms with Crippen molar-refractivity contribution in [2.45, 2.75) is 19.8 Å². The Morgan fingerprint density at radius 2 is 2.47 bits per heavy atom. The van der Waals surface area contributed by atoms with Crippen molar-refractivity contribution in [1.82, 2.24) is 15.5 Å². The Hall–Kier alpha value is -1.69. The van der Waals surface area contributed by atoms with Crippen LogP contribution in [0.4, 0.5) is 0 Å². The average molecular weight is 251 g/mol. The first-order chi connectivity index (χ1) is 8.29. The molecule has 2 aromatic rings. The number of aromatic nitrogens is 2. The molecule has 2 rings (SSSR count). The molecule has 0 aliphatic rings. The normalized spacial score (nSPS) is 10.4. The topological polar surface area (TPSA) is 68.0 Å². The summed E-state index contributed by atoms with van der Waals surface area (Å²) in [5, 5.41) is 9.42. The van der Waals surface area contributed by atoms with E-state index in [-0.39, 0.29) is 5.91 Å². The molecule has 0 aromatic carbocycles. The Labute approximate surface area is 103 Å². The van der Waals surface area contributed by atoms with Crippen LogP contribution in [0, 0.1) is 0 Å². The highest BCUT2D eigenvalue weighted by Gasteiger charge is 2.08. The van der Waals surface area contributed by atoms with Crippen LogP contribution in [-0.2, 0) is 12.8 Å². The Morgan fingerprint density at radius 3 is 3.12 bits per heavy atom. The third-order valence-corrected chi connectivity index (χ3v) is 3.21. The summed E-state index contributed by atoms with van der Waals surface area (Å²) in [6.07, 6.45) is 3.07. The van der Waals surface area contributed by atoms with E-state index in [2.05, 4.69) is 32.3 Å². The highest BCUT2D eigenvalue weighted by Crippen LogP contribution is 2.10. The number of amides is 1. The highest BCUT2D eigenvalue weighted by molar-refractivity contribution is 7.09. The Kier molecular flexibility index (Phi) is 3.87. The maximum Gasteiger partial charge on any atom is 0.273 e. The van der Waals surface area contributed by atoms with Gasteiger partial charge in [-0.1, -0.05) is 12.1 Å². The molecule has 2 heterocycles. The van der Waals surface area contributed by atoms with Crippen molar-refractivity contribution in [3.63, 3.8) is 0 Å². The number of carbonyl (C=O) groups excluding carboxylic acids is 1. The van der Waals surface area contributed by atoms with Crippen molar-refractivity contribution in [2.24, 2.45) is 0 Å². The number of aryl methyl sites for hydroxylation is 1.